The zero-order valence-electron chi connectivity index (χ0n) is 9.20. The van der Waals surface area contributed by atoms with Crippen LogP contribution in [0.5, 0.6) is 0 Å². The Morgan fingerprint density at radius 3 is 2.39 bits per heavy atom. The van der Waals surface area contributed by atoms with Crippen LogP contribution in [0.3, 0.4) is 0 Å². The van der Waals surface area contributed by atoms with Crippen LogP contribution < -0.4 is 5.73 Å². The van der Waals surface area contributed by atoms with Gasteiger partial charge in [0, 0.05) is 11.6 Å². The van der Waals surface area contributed by atoms with Crippen molar-refractivity contribution in [2.45, 2.75) is 0 Å². The van der Waals surface area contributed by atoms with E-state index >= 15 is 0 Å². The Morgan fingerprint density at radius 1 is 1.11 bits per heavy atom. The molecule has 0 spiro atoms. The summed E-state index contributed by atoms with van der Waals surface area (Å²) in [5.41, 5.74) is 6.20. The van der Waals surface area contributed by atoms with Gasteiger partial charge in [0.25, 0.3) is 0 Å². The normalized spacial score (nSPS) is 11.6. The first-order valence-electron chi connectivity index (χ1n) is 5.12. The molecule has 0 aromatic heterocycles. The molecule has 0 saturated carbocycles. The van der Waals surface area contributed by atoms with Crippen molar-refractivity contribution in [3.8, 4) is 0 Å². The number of aliphatic imine (C=N–C) groups is 1. The Kier molecular flexibility index (Phi) is 3.58. The van der Waals surface area contributed by atoms with Crippen molar-refractivity contribution < 1.29 is 8.78 Å². The van der Waals surface area contributed by atoms with E-state index in [1.807, 2.05) is 6.07 Å². The quantitative estimate of drug-likeness (QED) is 0.654. The van der Waals surface area contributed by atoms with Crippen LogP contribution in [-0.4, -0.2) is 5.84 Å². The number of nitrogens with two attached hydrogens (primary N) is 1. The highest BCUT2D eigenvalue weighted by molar-refractivity contribution is 6.33. The highest BCUT2D eigenvalue weighted by Gasteiger charge is 2.10. The molecular weight excluding hydrogens is 258 g/mol. The van der Waals surface area contributed by atoms with Gasteiger partial charge in [-0.15, -0.1) is 0 Å². The van der Waals surface area contributed by atoms with Crippen molar-refractivity contribution in [3.05, 3.63) is 64.7 Å². The van der Waals surface area contributed by atoms with E-state index in [4.69, 9.17) is 17.3 Å². The lowest BCUT2D eigenvalue weighted by Crippen LogP contribution is -2.12. The van der Waals surface area contributed by atoms with E-state index in [0.29, 0.717) is 11.6 Å². The number of halogens is 3. The Hall–Kier alpha value is -1.94. The summed E-state index contributed by atoms with van der Waals surface area (Å²) >= 11 is 5.72. The van der Waals surface area contributed by atoms with Crippen LogP contribution in [0.2, 0.25) is 5.02 Å². The summed E-state index contributed by atoms with van der Waals surface area (Å²) in [5.74, 6) is -1.49. The summed E-state index contributed by atoms with van der Waals surface area (Å²) in [5, 5.41) is -0.119. The van der Waals surface area contributed by atoms with Gasteiger partial charge in [0.2, 0.25) is 0 Å². The predicted octanol–water partition coefficient (Wildman–Crippen LogP) is 3.66. The summed E-state index contributed by atoms with van der Waals surface area (Å²) in [6, 6.07) is 10.5. The highest BCUT2D eigenvalue weighted by Crippen LogP contribution is 2.29. The molecular formula is C13H9ClF2N2. The molecule has 0 bridgehead atoms. The number of amidine groups is 1. The van der Waals surface area contributed by atoms with E-state index in [0.717, 1.165) is 6.07 Å². The summed E-state index contributed by atoms with van der Waals surface area (Å²) < 4.78 is 26.4. The summed E-state index contributed by atoms with van der Waals surface area (Å²) in [6.07, 6.45) is 0. The van der Waals surface area contributed by atoms with Crippen molar-refractivity contribution >= 4 is 23.1 Å². The Labute approximate surface area is 108 Å². The zero-order chi connectivity index (χ0) is 13.1. The maximum absolute atomic E-state index is 13.5. The molecule has 2 aromatic carbocycles. The van der Waals surface area contributed by atoms with Gasteiger partial charge in [-0.05, 0) is 6.07 Å². The smallest absolute Gasteiger partial charge is 0.153 e. The molecule has 92 valence electrons. The molecule has 2 nitrogen and oxygen atoms in total. The van der Waals surface area contributed by atoms with Gasteiger partial charge in [-0.3, -0.25) is 0 Å². The second-order valence-corrected chi connectivity index (χ2v) is 3.99. The van der Waals surface area contributed by atoms with Crippen LogP contribution in [0.4, 0.5) is 14.5 Å². The molecule has 0 fully saturated rings. The fourth-order valence-corrected chi connectivity index (χ4v) is 1.67. The number of hydrogen-bond donors (Lipinski definition) is 1. The maximum atomic E-state index is 13.5. The van der Waals surface area contributed by atoms with E-state index in [2.05, 4.69) is 4.99 Å². The topological polar surface area (TPSA) is 38.4 Å². The minimum atomic E-state index is -0.848. The summed E-state index contributed by atoms with van der Waals surface area (Å²) in [4.78, 5) is 3.89. The van der Waals surface area contributed by atoms with Crippen molar-refractivity contribution in [2.75, 3.05) is 0 Å². The lowest BCUT2D eigenvalue weighted by molar-refractivity contribution is 0.585. The molecule has 0 unspecified atom stereocenters. The van der Waals surface area contributed by atoms with Crippen LogP contribution in [-0.2, 0) is 0 Å². The zero-order valence-corrected chi connectivity index (χ0v) is 9.96. The molecule has 0 amide bonds. The Bertz CT molecular complexity index is 574. The van der Waals surface area contributed by atoms with Crippen molar-refractivity contribution in [1.82, 2.24) is 0 Å². The Balaban J connectivity index is 2.45. The molecule has 2 N–H and O–H groups in total. The molecule has 2 aromatic rings. The lowest BCUT2D eigenvalue weighted by atomic mass is 10.2. The molecule has 0 aliphatic heterocycles. The molecule has 2 rings (SSSR count). The van der Waals surface area contributed by atoms with Crippen LogP contribution in [0.1, 0.15) is 5.56 Å². The average Bonchev–Trinajstić information content (AvgIpc) is 2.34. The van der Waals surface area contributed by atoms with E-state index in [1.165, 1.54) is 0 Å². The van der Waals surface area contributed by atoms with Crippen molar-refractivity contribution in [3.63, 3.8) is 0 Å². The standard InChI is InChI=1S/C13H9ClF2N2/c14-10-6-9(15)7-11(16)12(10)18-13(17)8-4-2-1-3-5-8/h1-7H,(H2,17,18). The van der Waals surface area contributed by atoms with Gasteiger partial charge >= 0.3 is 0 Å². The first-order chi connectivity index (χ1) is 8.58. The minimum Gasteiger partial charge on any atom is -0.383 e. The van der Waals surface area contributed by atoms with Gasteiger partial charge in [0.05, 0.1) is 5.02 Å². The first-order valence-corrected chi connectivity index (χ1v) is 5.50. The Morgan fingerprint density at radius 2 is 1.78 bits per heavy atom. The van der Waals surface area contributed by atoms with Crippen LogP contribution in [0, 0.1) is 11.6 Å². The van der Waals surface area contributed by atoms with Crippen molar-refractivity contribution in [1.29, 1.82) is 0 Å². The van der Waals surface area contributed by atoms with Gasteiger partial charge in [-0.25, -0.2) is 13.8 Å². The second kappa shape index (κ2) is 5.14. The van der Waals surface area contributed by atoms with E-state index in [-0.39, 0.29) is 16.5 Å². The molecule has 18 heavy (non-hydrogen) atoms. The SMILES string of the molecule is NC(=Nc1c(F)cc(F)cc1Cl)c1ccccc1. The molecule has 0 radical (unpaired) electrons. The average molecular weight is 267 g/mol. The van der Waals surface area contributed by atoms with Gasteiger partial charge in [0.15, 0.2) is 5.82 Å². The van der Waals surface area contributed by atoms with Crippen LogP contribution in [0.25, 0.3) is 0 Å². The monoisotopic (exact) mass is 266 g/mol. The minimum absolute atomic E-state index is 0.114. The van der Waals surface area contributed by atoms with Crippen molar-refractivity contribution in [2.24, 2.45) is 10.7 Å². The predicted molar refractivity (Wildman–Crippen MR) is 68.2 cm³/mol. The number of nitrogens with zero attached hydrogens (tertiary/aromatic N) is 1. The largest absolute Gasteiger partial charge is 0.383 e. The summed E-state index contributed by atoms with van der Waals surface area (Å²) in [7, 11) is 0. The molecule has 0 saturated heterocycles. The third-order valence-electron chi connectivity index (χ3n) is 2.28. The van der Waals surface area contributed by atoms with E-state index in [1.54, 1.807) is 24.3 Å². The molecule has 0 aliphatic rings. The number of benzene rings is 2. The maximum Gasteiger partial charge on any atom is 0.153 e. The van der Waals surface area contributed by atoms with Crippen LogP contribution in [0.15, 0.2) is 47.5 Å². The van der Waals surface area contributed by atoms with Gasteiger partial charge in [-0.1, -0.05) is 41.9 Å². The number of hydrogen-bond acceptors (Lipinski definition) is 1. The molecule has 0 aliphatic carbocycles. The first kappa shape index (κ1) is 12.5. The highest BCUT2D eigenvalue weighted by atomic mass is 35.5. The lowest BCUT2D eigenvalue weighted by Gasteiger charge is -2.04. The third kappa shape index (κ3) is 2.65. The molecule has 5 heteroatoms. The number of rotatable bonds is 2. The van der Waals surface area contributed by atoms with Crippen LogP contribution >= 0.6 is 11.6 Å². The second-order valence-electron chi connectivity index (χ2n) is 3.58. The third-order valence-corrected chi connectivity index (χ3v) is 2.57. The van der Waals surface area contributed by atoms with Gasteiger partial charge in [0.1, 0.15) is 17.3 Å². The van der Waals surface area contributed by atoms with E-state index < -0.39 is 11.6 Å². The van der Waals surface area contributed by atoms with Gasteiger partial charge < -0.3 is 5.73 Å². The van der Waals surface area contributed by atoms with Gasteiger partial charge in [-0.2, -0.15) is 0 Å². The summed E-state index contributed by atoms with van der Waals surface area (Å²) in [6.45, 7) is 0. The van der Waals surface area contributed by atoms with E-state index in [9.17, 15) is 8.78 Å². The fraction of sp³-hybridized carbons (Fsp3) is 0. The fourth-order valence-electron chi connectivity index (χ4n) is 1.44. The molecule has 0 heterocycles. The molecule has 0 atom stereocenters.